The summed E-state index contributed by atoms with van der Waals surface area (Å²) in [6.07, 6.45) is 6.91. The van der Waals surface area contributed by atoms with Crippen LogP contribution in [0.4, 0.5) is 5.82 Å². The number of aryl methyl sites for hydroxylation is 2. The van der Waals surface area contributed by atoms with Crippen molar-refractivity contribution in [1.29, 1.82) is 0 Å². The SMILES string of the molecule is CCc1c(C)c2c(C)cnc(N3CCc4ccccc4C3)c2n1C1CC1.Cl. The van der Waals surface area contributed by atoms with Gasteiger partial charge in [-0.15, -0.1) is 12.4 Å². The molecule has 3 aromatic rings. The number of hydrogen-bond acceptors (Lipinski definition) is 2. The summed E-state index contributed by atoms with van der Waals surface area (Å²) in [6.45, 7) is 8.84. The van der Waals surface area contributed by atoms with Crippen molar-refractivity contribution in [1.82, 2.24) is 9.55 Å². The third-order valence-corrected chi connectivity index (χ3v) is 6.24. The van der Waals surface area contributed by atoms with Gasteiger partial charge in [0.25, 0.3) is 0 Å². The van der Waals surface area contributed by atoms with Crippen LogP contribution in [-0.4, -0.2) is 16.1 Å². The molecule has 0 spiro atoms. The second-order valence-electron chi connectivity index (χ2n) is 7.96. The van der Waals surface area contributed by atoms with Crippen LogP contribution in [0.25, 0.3) is 10.9 Å². The van der Waals surface area contributed by atoms with Crippen molar-refractivity contribution in [3.8, 4) is 0 Å². The largest absolute Gasteiger partial charge is 0.350 e. The highest BCUT2D eigenvalue weighted by Gasteiger charge is 2.31. The maximum Gasteiger partial charge on any atom is 0.153 e. The van der Waals surface area contributed by atoms with E-state index in [1.54, 1.807) is 0 Å². The second kappa shape index (κ2) is 6.87. The lowest BCUT2D eigenvalue weighted by atomic mass is 9.99. The van der Waals surface area contributed by atoms with E-state index >= 15 is 0 Å². The summed E-state index contributed by atoms with van der Waals surface area (Å²) in [5.74, 6) is 1.19. The summed E-state index contributed by atoms with van der Waals surface area (Å²) in [4.78, 5) is 7.47. The molecular weight excluding hydrogens is 354 g/mol. The van der Waals surface area contributed by atoms with Crippen LogP contribution < -0.4 is 4.90 Å². The van der Waals surface area contributed by atoms with Gasteiger partial charge in [0.15, 0.2) is 5.82 Å². The van der Waals surface area contributed by atoms with Crippen LogP contribution in [-0.2, 0) is 19.4 Å². The van der Waals surface area contributed by atoms with Crippen molar-refractivity contribution >= 4 is 29.1 Å². The van der Waals surface area contributed by atoms with Crippen LogP contribution >= 0.6 is 12.4 Å². The molecule has 0 radical (unpaired) electrons. The lowest BCUT2D eigenvalue weighted by Gasteiger charge is -2.31. The number of halogens is 1. The zero-order chi connectivity index (χ0) is 17.8. The van der Waals surface area contributed by atoms with E-state index < -0.39 is 0 Å². The second-order valence-corrected chi connectivity index (χ2v) is 7.96. The van der Waals surface area contributed by atoms with Crippen molar-refractivity contribution in [2.45, 2.75) is 59.0 Å². The first-order valence-electron chi connectivity index (χ1n) is 9.99. The van der Waals surface area contributed by atoms with Gasteiger partial charge in [-0.3, -0.25) is 0 Å². The molecule has 1 fully saturated rings. The van der Waals surface area contributed by atoms with Crippen molar-refractivity contribution in [2.24, 2.45) is 0 Å². The van der Waals surface area contributed by atoms with Gasteiger partial charge in [-0.2, -0.15) is 0 Å². The van der Waals surface area contributed by atoms with Gasteiger partial charge in [-0.25, -0.2) is 4.98 Å². The quantitative estimate of drug-likeness (QED) is 0.594. The molecule has 0 amide bonds. The van der Waals surface area contributed by atoms with Gasteiger partial charge in [0, 0.05) is 36.4 Å². The first-order chi connectivity index (χ1) is 12.7. The molecule has 5 rings (SSSR count). The van der Waals surface area contributed by atoms with Crippen molar-refractivity contribution < 1.29 is 0 Å². The number of anilines is 1. The third kappa shape index (κ3) is 2.84. The molecule has 1 aromatic carbocycles. The molecule has 1 aliphatic heterocycles. The molecular formula is C23H28ClN3. The summed E-state index contributed by atoms with van der Waals surface area (Å²) >= 11 is 0. The smallest absolute Gasteiger partial charge is 0.153 e. The molecule has 142 valence electrons. The fraction of sp³-hybridized carbons (Fsp3) is 0.435. The molecule has 0 bridgehead atoms. The number of benzene rings is 1. The molecule has 3 heterocycles. The molecule has 0 atom stereocenters. The predicted octanol–water partition coefficient (Wildman–Crippen LogP) is 5.53. The van der Waals surface area contributed by atoms with Gasteiger partial charge < -0.3 is 9.47 Å². The van der Waals surface area contributed by atoms with Crippen LogP contribution in [0, 0.1) is 13.8 Å². The highest BCUT2D eigenvalue weighted by atomic mass is 35.5. The Morgan fingerprint density at radius 1 is 1.11 bits per heavy atom. The van der Waals surface area contributed by atoms with E-state index in [0.29, 0.717) is 6.04 Å². The van der Waals surface area contributed by atoms with Gasteiger partial charge in [0.2, 0.25) is 0 Å². The molecule has 4 heteroatoms. The normalized spacial score (nSPS) is 16.3. The number of fused-ring (bicyclic) bond motifs is 2. The Morgan fingerprint density at radius 2 is 1.85 bits per heavy atom. The molecule has 0 unspecified atom stereocenters. The summed E-state index contributed by atoms with van der Waals surface area (Å²) in [7, 11) is 0. The molecule has 27 heavy (non-hydrogen) atoms. The average Bonchev–Trinajstić information content (AvgIpc) is 3.45. The Bertz CT molecular complexity index is 1000. The van der Waals surface area contributed by atoms with E-state index in [1.807, 2.05) is 0 Å². The minimum absolute atomic E-state index is 0. The first-order valence-corrected chi connectivity index (χ1v) is 9.99. The fourth-order valence-electron chi connectivity index (χ4n) is 4.82. The highest BCUT2D eigenvalue weighted by molar-refractivity contribution is 5.96. The lowest BCUT2D eigenvalue weighted by Crippen LogP contribution is -2.31. The van der Waals surface area contributed by atoms with Crippen molar-refractivity contribution in [3.63, 3.8) is 0 Å². The van der Waals surface area contributed by atoms with Crippen LogP contribution in [0.1, 0.15) is 53.8 Å². The number of rotatable bonds is 3. The average molecular weight is 382 g/mol. The maximum atomic E-state index is 4.97. The predicted molar refractivity (Wildman–Crippen MR) is 115 cm³/mol. The molecule has 0 N–H and O–H groups in total. The molecule has 2 aromatic heterocycles. The van der Waals surface area contributed by atoms with Crippen LogP contribution in [0.3, 0.4) is 0 Å². The number of pyridine rings is 1. The van der Waals surface area contributed by atoms with E-state index in [2.05, 4.69) is 60.7 Å². The van der Waals surface area contributed by atoms with E-state index in [1.165, 1.54) is 57.5 Å². The van der Waals surface area contributed by atoms with Gasteiger partial charge in [-0.05, 0) is 61.8 Å². The van der Waals surface area contributed by atoms with Crippen LogP contribution in [0.5, 0.6) is 0 Å². The minimum atomic E-state index is 0. The summed E-state index contributed by atoms with van der Waals surface area (Å²) in [5.41, 5.74) is 8.63. The van der Waals surface area contributed by atoms with E-state index in [-0.39, 0.29) is 12.4 Å². The van der Waals surface area contributed by atoms with Gasteiger partial charge in [-0.1, -0.05) is 31.2 Å². The van der Waals surface area contributed by atoms with E-state index in [0.717, 1.165) is 25.9 Å². The van der Waals surface area contributed by atoms with E-state index in [4.69, 9.17) is 4.98 Å². The number of aromatic nitrogens is 2. The Morgan fingerprint density at radius 3 is 2.56 bits per heavy atom. The number of hydrogen-bond donors (Lipinski definition) is 0. The summed E-state index contributed by atoms with van der Waals surface area (Å²) in [5, 5.41) is 1.44. The third-order valence-electron chi connectivity index (χ3n) is 6.24. The molecule has 2 aliphatic rings. The Kier molecular flexibility index (Phi) is 4.67. The Labute approximate surface area is 167 Å². The van der Waals surface area contributed by atoms with Gasteiger partial charge >= 0.3 is 0 Å². The molecule has 0 saturated heterocycles. The van der Waals surface area contributed by atoms with Crippen LogP contribution in [0.2, 0.25) is 0 Å². The first kappa shape index (κ1) is 18.4. The summed E-state index contributed by atoms with van der Waals surface area (Å²) in [6, 6.07) is 9.55. The monoisotopic (exact) mass is 381 g/mol. The Balaban J connectivity index is 0.00000180. The van der Waals surface area contributed by atoms with E-state index in [9.17, 15) is 0 Å². The van der Waals surface area contributed by atoms with Crippen molar-refractivity contribution in [3.05, 3.63) is 58.4 Å². The highest BCUT2D eigenvalue weighted by Crippen LogP contribution is 2.44. The zero-order valence-electron chi connectivity index (χ0n) is 16.5. The molecule has 1 saturated carbocycles. The lowest BCUT2D eigenvalue weighted by molar-refractivity contribution is 0.701. The fourth-order valence-corrected chi connectivity index (χ4v) is 4.82. The topological polar surface area (TPSA) is 21.1 Å². The maximum absolute atomic E-state index is 4.97. The van der Waals surface area contributed by atoms with Gasteiger partial charge in [0.05, 0.1) is 5.52 Å². The Hall–Kier alpha value is -2.00. The van der Waals surface area contributed by atoms with Gasteiger partial charge in [0.1, 0.15) is 0 Å². The summed E-state index contributed by atoms with van der Waals surface area (Å²) < 4.78 is 2.64. The molecule has 1 aliphatic carbocycles. The van der Waals surface area contributed by atoms with Crippen LogP contribution in [0.15, 0.2) is 30.5 Å². The number of nitrogens with zero attached hydrogens (tertiary/aromatic N) is 3. The molecule has 3 nitrogen and oxygen atoms in total. The minimum Gasteiger partial charge on any atom is -0.350 e. The van der Waals surface area contributed by atoms with Crippen molar-refractivity contribution in [2.75, 3.05) is 11.4 Å². The zero-order valence-corrected chi connectivity index (χ0v) is 17.3. The standard InChI is InChI=1S/C23H27N3.ClH/c1-4-20-16(3)21-15(2)13-24-23(22(21)26(20)19-9-10-19)25-12-11-17-7-5-6-8-18(17)14-25;/h5-8,13,19H,4,9-12,14H2,1-3H3;1H.